The number of halogens is 1. The fraction of sp³-hybridized carbons (Fsp3) is 0.565. The maximum absolute atomic E-state index is 6.82. The molecule has 0 amide bonds. The fourth-order valence-corrected chi connectivity index (χ4v) is 5.02. The zero-order chi connectivity index (χ0) is 19.8. The van der Waals surface area contributed by atoms with Crippen LogP contribution in [-0.4, -0.2) is 48.2 Å². The maximum atomic E-state index is 6.82. The molecule has 0 spiro atoms. The van der Waals surface area contributed by atoms with Crippen molar-refractivity contribution in [2.24, 2.45) is 5.92 Å². The molecule has 152 valence electrons. The van der Waals surface area contributed by atoms with Crippen LogP contribution in [0.2, 0.25) is 5.15 Å². The van der Waals surface area contributed by atoms with Gasteiger partial charge in [-0.2, -0.15) is 0 Å². The molecule has 2 aliphatic heterocycles. The lowest BCUT2D eigenvalue weighted by Gasteiger charge is -2.35. The van der Waals surface area contributed by atoms with Crippen LogP contribution in [0.5, 0.6) is 0 Å². The molecule has 1 aromatic carbocycles. The molecule has 0 saturated carbocycles. The molecule has 1 fully saturated rings. The Morgan fingerprint density at radius 1 is 1.14 bits per heavy atom. The molecule has 1 aromatic heterocycles. The van der Waals surface area contributed by atoms with Gasteiger partial charge in [-0.15, -0.1) is 0 Å². The van der Waals surface area contributed by atoms with E-state index < -0.39 is 0 Å². The van der Waals surface area contributed by atoms with Crippen LogP contribution in [0.1, 0.15) is 49.4 Å². The van der Waals surface area contributed by atoms with E-state index >= 15 is 0 Å². The van der Waals surface area contributed by atoms with Crippen LogP contribution < -0.4 is 4.90 Å². The third kappa shape index (κ3) is 3.96. The van der Waals surface area contributed by atoms with Crippen LogP contribution in [0.15, 0.2) is 30.5 Å². The third-order valence-electron chi connectivity index (χ3n) is 6.09. The third-order valence-corrected chi connectivity index (χ3v) is 6.54. The van der Waals surface area contributed by atoms with Crippen LogP contribution in [0.3, 0.4) is 0 Å². The van der Waals surface area contributed by atoms with E-state index in [1.807, 2.05) is 0 Å². The van der Waals surface area contributed by atoms with Crippen molar-refractivity contribution >= 4 is 17.3 Å². The summed E-state index contributed by atoms with van der Waals surface area (Å²) >= 11 is 6.82. The Balaban J connectivity index is 1.54. The van der Waals surface area contributed by atoms with Crippen LogP contribution in [0.25, 0.3) is 0 Å². The standard InChI is InChI=1S/C23H33ClN4/c1-17(2)12-28-16-25(3)14-20-22(28)15-27(23(20)24)13-18-7-9-19(10-8-18)21-6-5-11-26(21)4/h7-10,15,17,21H,5-6,11-14,16H2,1-4H3. The van der Waals surface area contributed by atoms with E-state index in [1.54, 1.807) is 0 Å². The Hall–Kier alpha value is -1.49. The number of nitrogens with zero attached hydrogens (tertiary/aromatic N) is 4. The van der Waals surface area contributed by atoms with E-state index in [0.29, 0.717) is 12.0 Å². The summed E-state index contributed by atoms with van der Waals surface area (Å²) in [6.45, 7) is 9.52. The summed E-state index contributed by atoms with van der Waals surface area (Å²) in [7, 11) is 4.40. The predicted molar refractivity (Wildman–Crippen MR) is 118 cm³/mol. The highest BCUT2D eigenvalue weighted by Gasteiger charge is 2.26. The first-order valence-electron chi connectivity index (χ1n) is 10.5. The van der Waals surface area contributed by atoms with E-state index in [2.05, 4.69) is 77.7 Å². The minimum absolute atomic E-state index is 0.580. The second kappa shape index (κ2) is 8.10. The quantitative estimate of drug-likeness (QED) is 0.714. The normalized spacial score (nSPS) is 20.9. The van der Waals surface area contributed by atoms with E-state index in [4.69, 9.17) is 11.6 Å². The molecule has 4 nitrogen and oxygen atoms in total. The summed E-state index contributed by atoms with van der Waals surface area (Å²) in [6.07, 6.45) is 4.83. The molecule has 0 N–H and O–H groups in total. The van der Waals surface area contributed by atoms with Gasteiger partial charge in [0.2, 0.25) is 0 Å². The largest absolute Gasteiger partial charge is 0.357 e. The maximum Gasteiger partial charge on any atom is 0.115 e. The summed E-state index contributed by atoms with van der Waals surface area (Å²) in [6, 6.07) is 9.73. The van der Waals surface area contributed by atoms with Crippen molar-refractivity contribution in [1.29, 1.82) is 0 Å². The highest BCUT2D eigenvalue weighted by Crippen LogP contribution is 2.36. The minimum atomic E-state index is 0.580. The van der Waals surface area contributed by atoms with Crippen molar-refractivity contribution in [3.63, 3.8) is 0 Å². The molecule has 28 heavy (non-hydrogen) atoms. The van der Waals surface area contributed by atoms with Gasteiger partial charge in [-0.05, 0) is 50.5 Å². The van der Waals surface area contributed by atoms with Gasteiger partial charge in [0.15, 0.2) is 0 Å². The Kier molecular flexibility index (Phi) is 5.73. The van der Waals surface area contributed by atoms with Gasteiger partial charge in [0.05, 0.1) is 12.4 Å². The molecule has 2 aliphatic rings. The number of aromatic nitrogens is 1. The lowest BCUT2D eigenvalue weighted by Crippen LogP contribution is -2.41. The van der Waals surface area contributed by atoms with Gasteiger partial charge >= 0.3 is 0 Å². The lowest BCUT2D eigenvalue weighted by atomic mass is 10.0. The molecule has 3 heterocycles. The molecule has 0 bridgehead atoms. The van der Waals surface area contributed by atoms with Crippen molar-refractivity contribution in [3.8, 4) is 0 Å². The zero-order valence-corrected chi connectivity index (χ0v) is 18.4. The van der Waals surface area contributed by atoms with Gasteiger partial charge in [0.1, 0.15) is 5.15 Å². The van der Waals surface area contributed by atoms with Gasteiger partial charge in [-0.25, -0.2) is 0 Å². The summed E-state index contributed by atoms with van der Waals surface area (Å²) < 4.78 is 2.22. The number of rotatable bonds is 5. The van der Waals surface area contributed by atoms with E-state index in [-0.39, 0.29) is 0 Å². The number of hydrogen-bond donors (Lipinski definition) is 0. The van der Waals surface area contributed by atoms with E-state index in [1.165, 1.54) is 41.8 Å². The molecular formula is C23H33ClN4. The average molecular weight is 401 g/mol. The molecule has 1 saturated heterocycles. The molecular weight excluding hydrogens is 368 g/mol. The number of benzene rings is 1. The molecule has 4 rings (SSSR count). The lowest BCUT2D eigenvalue weighted by molar-refractivity contribution is 0.304. The summed E-state index contributed by atoms with van der Waals surface area (Å²) in [5, 5.41) is 0.884. The van der Waals surface area contributed by atoms with Crippen LogP contribution in [-0.2, 0) is 13.1 Å². The van der Waals surface area contributed by atoms with E-state index in [0.717, 1.165) is 31.5 Å². The van der Waals surface area contributed by atoms with Gasteiger partial charge in [0, 0.05) is 37.4 Å². The molecule has 0 radical (unpaired) electrons. The number of fused-ring (bicyclic) bond motifs is 1. The molecule has 1 atom stereocenters. The van der Waals surface area contributed by atoms with Crippen molar-refractivity contribution in [2.45, 2.75) is 45.8 Å². The Bertz CT molecular complexity index is 811. The predicted octanol–water partition coefficient (Wildman–Crippen LogP) is 4.82. The first-order chi connectivity index (χ1) is 13.4. The Morgan fingerprint density at radius 3 is 2.54 bits per heavy atom. The monoisotopic (exact) mass is 400 g/mol. The first kappa shape index (κ1) is 19.8. The Morgan fingerprint density at radius 2 is 1.89 bits per heavy atom. The van der Waals surface area contributed by atoms with Crippen molar-refractivity contribution in [3.05, 3.63) is 52.3 Å². The first-order valence-corrected chi connectivity index (χ1v) is 10.9. The van der Waals surface area contributed by atoms with Crippen molar-refractivity contribution in [2.75, 3.05) is 38.8 Å². The number of likely N-dealkylation sites (tertiary alicyclic amines) is 1. The second-order valence-electron chi connectivity index (χ2n) is 9.06. The number of hydrogen-bond acceptors (Lipinski definition) is 3. The Labute approximate surface area is 174 Å². The van der Waals surface area contributed by atoms with Crippen molar-refractivity contribution < 1.29 is 0 Å². The summed E-state index contributed by atoms with van der Waals surface area (Å²) in [5.41, 5.74) is 5.31. The van der Waals surface area contributed by atoms with Gasteiger partial charge in [-0.1, -0.05) is 49.7 Å². The van der Waals surface area contributed by atoms with Crippen molar-refractivity contribution in [1.82, 2.24) is 14.4 Å². The smallest absolute Gasteiger partial charge is 0.115 e. The molecule has 2 aromatic rings. The highest BCUT2D eigenvalue weighted by atomic mass is 35.5. The van der Waals surface area contributed by atoms with Gasteiger partial charge in [0.25, 0.3) is 0 Å². The van der Waals surface area contributed by atoms with Crippen LogP contribution in [0, 0.1) is 5.92 Å². The topological polar surface area (TPSA) is 14.7 Å². The molecule has 0 aliphatic carbocycles. The average Bonchev–Trinajstić information content (AvgIpc) is 3.20. The number of anilines is 1. The molecule has 1 unspecified atom stereocenters. The van der Waals surface area contributed by atoms with Crippen LogP contribution >= 0.6 is 11.6 Å². The SMILES string of the molecule is CC(C)CN1CN(C)Cc2c1cn(Cc1ccc(C3CCCN3C)cc1)c2Cl. The summed E-state index contributed by atoms with van der Waals surface area (Å²) in [5.74, 6) is 0.628. The molecule has 5 heteroatoms. The summed E-state index contributed by atoms with van der Waals surface area (Å²) in [4.78, 5) is 7.27. The highest BCUT2D eigenvalue weighted by molar-refractivity contribution is 6.31. The van der Waals surface area contributed by atoms with Gasteiger partial charge in [-0.3, -0.25) is 9.80 Å². The van der Waals surface area contributed by atoms with Crippen LogP contribution in [0.4, 0.5) is 5.69 Å². The van der Waals surface area contributed by atoms with E-state index in [9.17, 15) is 0 Å². The fourth-order valence-electron chi connectivity index (χ4n) is 4.75. The zero-order valence-electron chi connectivity index (χ0n) is 17.7. The minimum Gasteiger partial charge on any atom is -0.357 e. The second-order valence-corrected chi connectivity index (χ2v) is 9.42. The van der Waals surface area contributed by atoms with Gasteiger partial charge < -0.3 is 9.47 Å².